The summed E-state index contributed by atoms with van der Waals surface area (Å²) < 4.78 is 0. The van der Waals surface area contributed by atoms with Gasteiger partial charge in [0, 0.05) is 6.54 Å². The molecule has 5 heteroatoms. The van der Waals surface area contributed by atoms with Crippen LogP contribution in [-0.4, -0.2) is 29.6 Å². The molecule has 0 spiro atoms. The van der Waals surface area contributed by atoms with Crippen LogP contribution in [0.5, 0.6) is 0 Å². The van der Waals surface area contributed by atoms with Crippen LogP contribution < -0.4 is 11.1 Å². The first-order valence-electron chi connectivity index (χ1n) is 5.17. The largest absolute Gasteiger partial charge is 0.480 e. The molecule has 0 rings (SSSR count). The molecule has 0 saturated carbocycles. The standard InChI is InChI=1S/C10H20N2O3/c1-4-8(10(14)15)12-9(13)7(5-11)6(2)3/h6-8H,4-5,11H2,1-3H3,(H,12,13)(H,14,15)/t7?,8-/m1/s1. The molecule has 0 bridgehead atoms. The molecule has 0 fully saturated rings. The van der Waals surface area contributed by atoms with Gasteiger partial charge in [0.05, 0.1) is 5.92 Å². The molecular weight excluding hydrogens is 196 g/mol. The van der Waals surface area contributed by atoms with Crippen LogP contribution in [0.2, 0.25) is 0 Å². The van der Waals surface area contributed by atoms with E-state index in [-0.39, 0.29) is 24.3 Å². The zero-order valence-electron chi connectivity index (χ0n) is 9.49. The number of carbonyl (C=O) groups excluding carboxylic acids is 1. The lowest BCUT2D eigenvalue weighted by molar-refractivity contribution is -0.142. The zero-order valence-corrected chi connectivity index (χ0v) is 9.49. The number of nitrogens with two attached hydrogens (primary N) is 1. The predicted molar refractivity (Wildman–Crippen MR) is 57.2 cm³/mol. The van der Waals surface area contributed by atoms with Crippen LogP contribution in [0.3, 0.4) is 0 Å². The Morgan fingerprint density at radius 2 is 1.93 bits per heavy atom. The maximum atomic E-state index is 11.6. The van der Waals surface area contributed by atoms with Gasteiger partial charge in [-0.05, 0) is 12.3 Å². The normalized spacial score (nSPS) is 14.7. The van der Waals surface area contributed by atoms with E-state index in [2.05, 4.69) is 5.32 Å². The van der Waals surface area contributed by atoms with Crippen LogP contribution in [0.1, 0.15) is 27.2 Å². The van der Waals surface area contributed by atoms with Gasteiger partial charge in [0.15, 0.2) is 0 Å². The first-order chi connectivity index (χ1) is 6.93. The van der Waals surface area contributed by atoms with Gasteiger partial charge >= 0.3 is 5.97 Å². The Bertz CT molecular complexity index is 229. The minimum atomic E-state index is -1.01. The number of rotatable bonds is 6. The van der Waals surface area contributed by atoms with Crippen molar-refractivity contribution in [3.8, 4) is 0 Å². The number of hydrogen-bond acceptors (Lipinski definition) is 3. The van der Waals surface area contributed by atoms with E-state index in [1.165, 1.54) is 0 Å². The Balaban J connectivity index is 4.38. The number of carboxylic acids is 1. The molecule has 2 atom stereocenters. The third-order valence-corrected chi connectivity index (χ3v) is 2.42. The van der Waals surface area contributed by atoms with Crippen molar-refractivity contribution in [3.05, 3.63) is 0 Å². The molecule has 0 aromatic rings. The Hall–Kier alpha value is -1.10. The molecule has 0 aliphatic carbocycles. The van der Waals surface area contributed by atoms with Gasteiger partial charge in [0.2, 0.25) is 5.91 Å². The maximum Gasteiger partial charge on any atom is 0.326 e. The van der Waals surface area contributed by atoms with Crippen LogP contribution in [0.15, 0.2) is 0 Å². The highest BCUT2D eigenvalue weighted by molar-refractivity contribution is 5.85. The first-order valence-corrected chi connectivity index (χ1v) is 5.17. The van der Waals surface area contributed by atoms with Gasteiger partial charge in [-0.25, -0.2) is 4.79 Å². The highest BCUT2D eigenvalue weighted by Crippen LogP contribution is 2.09. The molecule has 0 saturated heterocycles. The van der Waals surface area contributed by atoms with E-state index in [1.54, 1.807) is 6.92 Å². The minimum absolute atomic E-state index is 0.112. The van der Waals surface area contributed by atoms with Gasteiger partial charge in [-0.2, -0.15) is 0 Å². The van der Waals surface area contributed by atoms with Crippen molar-refractivity contribution in [2.45, 2.75) is 33.2 Å². The van der Waals surface area contributed by atoms with E-state index >= 15 is 0 Å². The minimum Gasteiger partial charge on any atom is -0.480 e. The zero-order chi connectivity index (χ0) is 12.0. The van der Waals surface area contributed by atoms with Gasteiger partial charge < -0.3 is 16.2 Å². The summed E-state index contributed by atoms with van der Waals surface area (Å²) in [6.07, 6.45) is 0.371. The van der Waals surface area contributed by atoms with Gasteiger partial charge in [-0.15, -0.1) is 0 Å². The summed E-state index contributed by atoms with van der Waals surface area (Å²) in [5, 5.41) is 11.2. The molecule has 0 aliphatic heterocycles. The molecule has 4 N–H and O–H groups in total. The molecule has 5 nitrogen and oxygen atoms in total. The number of nitrogens with one attached hydrogen (secondary N) is 1. The fraction of sp³-hybridized carbons (Fsp3) is 0.800. The molecule has 0 aromatic heterocycles. The van der Waals surface area contributed by atoms with Crippen molar-refractivity contribution in [2.24, 2.45) is 17.6 Å². The predicted octanol–water partition coefficient (Wildman–Crippen LogP) is 0.197. The van der Waals surface area contributed by atoms with Crippen molar-refractivity contribution in [1.29, 1.82) is 0 Å². The Labute approximate surface area is 90.0 Å². The number of hydrogen-bond donors (Lipinski definition) is 3. The van der Waals surface area contributed by atoms with E-state index in [1.807, 2.05) is 13.8 Å². The topological polar surface area (TPSA) is 92.4 Å². The van der Waals surface area contributed by atoms with E-state index < -0.39 is 12.0 Å². The van der Waals surface area contributed by atoms with Crippen molar-refractivity contribution < 1.29 is 14.7 Å². The summed E-state index contributed by atoms with van der Waals surface area (Å²) >= 11 is 0. The Kier molecular flexibility index (Phi) is 5.93. The van der Waals surface area contributed by atoms with Gasteiger partial charge in [-0.1, -0.05) is 20.8 Å². The van der Waals surface area contributed by atoms with Crippen molar-refractivity contribution in [3.63, 3.8) is 0 Å². The molecule has 0 aliphatic rings. The lowest BCUT2D eigenvalue weighted by Gasteiger charge is -2.20. The molecule has 15 heavy (non-hydrogen) atoms. The molecule has 0 radical (unpaired) electrons. The average Bonchev–Trinajstić information content (AvgIpc) is 2.14. The number of carbonyl (C=O) groups is 2. The first kappa shape index (κ1) is 13.9. The molecule has 88 valence electrons. The van der Waals surface area contributed by atoms with Crippen LogP contribution in [-0.2, 0) is 9.59 Å². The van der Waals surface area contributed by atoms with Crippen LogP contribution in [0, 0.1) is 11.8 Å². The molecule has 0 heterocycles. The summed E-state index contributed by atoms with van der Waals surface area (Å²) in [5.41, 5.74) is 5.46. The Morgan fingerprint density at radius 1 is 1.40 bits per heavy atom. The highest BCUT2D eigenvalue weighted by Gasteiger charge is 2.25. The monoisotopic (exact) mass is 216 g/mol. The second-order valence-electron chi connectivity index (χ2n) is 3.89. The quantitative estimate of drug-likeness (QED) is 0.591. The second kappa shape index (κ2) is 6.40. The maximum absolute atomic E-state index is 11.6. The number of aliphatic carboxylic acids is 1. The van der Waals surface area contributed by atoms with Gasteiger partial charge in [0.1, 0.15) is 6.04 Å². The van der Waals surface area contributed by atoms with Gasteiger partial charge in [-0.3, -0.25) is 4.79 Å². The van der Waals surface area contributed by atoms with E-state index in [4.69, 9.17) is 10.8 Å². The third-order valence-electron chi connectivity index (χ3n) is 2.42. The van der Waals surface area contributed by atoms with Crippen LogP contribution in [0.25, 0.3) is 0 Å². The van der Waals surface area contributed by atoms with Crippen molar-refractivity contribution >= 4 is 11.9 Å². The summed E-state index contributed by atoms with van der Waals surface area (Å²) in [4.78, 5) is 22.3. The van der Waals surface area contributed by atoms with Gasteiger partial charge in [0.25, 0.3) is 0 Å². The van der Waals surface area contributed by atoms with Crippen LogP contribution >= 0.6 is 0 Å². The smallest absolute Gasteiger partial charge is 0.326 e. The number of carboxylic acid groups (broad SMARTS) is 1. The Morgan fingerprint density at radius 3 is 2.20 bits per heavy atom. The van der Waals surface area contributed by atoms with E-state index in [9.17, 15) is 9.59 Å². The molecule has 1 unspecified atom stereocenters. The molecule has 0 aromatic carbocycles. The fourth-order valence-electron chi connectivity index (χ4n) is 1.30. The average molecular weight is 216 g/mol. The molecular formula is C10H20N2O3. The third kappa shape index (κ3) is 4.29. The SMILES string of the molecule is CC[C@@H](NC(=O)C(CN)C(C)C)C(=O)O. The van der Waals surface area contributed by atoms with E-state index in [0.29, 0.717) is 6.42 Å². The van der Waals surface area contributed by atoms with Crippen LogP contribution in [0.4, 0.5) is 0 Å². The summed E-state index contributed by atoms with van der Waals surface area (Å²) in [6, 6.07) is -0.815. The lowest BCUT2D eigenvalue weighted by Crippen LogP contribution is -2.46. The lowest BCUT2D eigenvalue weighted by atomic mass is 9.95. The summed E-state index contributed by atoms with van der Waals surface area (Å²) in [7, 11) is 0. The van der Waals surface area contributed by atoms with E-state index in [0.717, 1.165) is 0 Å². The summed E-state index contributed by atoms with van der Waals surface area (Å²) in [6.45, 7) is 5.73. The van der Waals surface area contributed by atoms with Crippen molar-refractivity contribution in [1.82, 2.24) is 5.32 Å². The highest BCUT2D eigenvalue weighted by atomic mass is 16.4. The second-order valence-corrected chi connectivity index (χ2v) is 3.89. The fourth-order valence-corrected chi connectivity index (χ4v) is 1.30. The molecule has 1 amide bonds. The number of amides is 1. The van der Waals surface area contributed by atoms with Crippen molar-refractivity contribution in [2.75, 3.05) is 6.54 Å². The summed E-state index contributed by atoms with van der Waals surface area (Å²) in [5.74, 6) is -1.49.